The Labute approximate surface area is 210 Å². The lowest BCUT2D eigenvalue weighted by Gasteiger charge is -2.17. The van der Waals surface area contributed by atoms with E-state index in [0.29, 0.717) is 24.3 Å². The molecule has 0 aliphatic carbocycles. The number of hydrogen-bond donors (Lipinski definition) is 2. The summed E-state index contributed by atoms with van der Waals surface area (Å²) in [6.07, 6.45) is 2.34. The first kappa shape index (κ1) is 26.0. The molecule has 0 heterocycles. The van der Waals surface area contributed by atoms with Gasteiger partial charge in [-0.2, -0.15) is 0 Å². The zero-order valence-corrected chi connectivity index (χ0v) is 20.8. The molecular formula is C28H30N2O4S. The monoisotopic (exact) mass is 490 g/mol. The number of rotatable bonds is 11. The molecule has 0 aliphatic heterocycles. The second-order valence-corrected chi connectivity index (χ2v) is 9.05. The zero-order chi connectivity index (χ0) is 25.0. The molecule has 0 fully saturated rings. The first-order chi connectivity index (χ1) is 17.0. The van der Waals surface area contributed by atoms with Crippen LogP contribution < -0.4 is 10.6 Å². The molecule has 3 aromatic rings. The molecule has 7 heteroatoms. The number of nitrogens with one attached hydrogen (secondary N) is 2. The van der Waals surface area contributed by atoms with Gasteiger partial charge < -0.3 is 15.4 Å². The largest absolute Gasteiger partial charge is 0.462 e. The Morgan fingerprint density at radius 2 is 1.46 bits per heavy atom. The van der Waals surface area contributed by atoms with Gasteiger partial charge in [0.15, 0.2) is 0 Å². The molecule has 6 nitrogen and oxygen atoms in total. The zero-order valence-electron chi connectivity index (χ0n) is 20.0. The molecule has 0 saturated carbocycles. The van der Waals surface area contributed by atoms with Crippen LogP contribution in [-0.4, -0.2) is 24.4 Å². The number of anilines is 2. The van der Waals surface area contributed by atoms with Crippen molar-refractivity contribution in [1.82, 2.24) is 0 Å². The predicted molar refractivity (Wildman–Crippen MR) is 141 cm³/mol. The van der Waals surface area contributed by atoms with Gasteiger partial charge in [0.05, 0.1) is 12.2 Å². The third-order valence-electron chi connectivity index (χ3n) is 5.15. The molecule has 0 spiro atoms. The number of hydrogen-bond acceptors (Lipinski definition) is 5. The van der Waals surface area contributed by atoms with E-state index in [-0.39, 0.29) is 11.8 Å². The maximum atomic E-state index is 13.3. The smallest absolute Gasteiger partial charge is 0.338 e. The number of carbonyl (C=O) groups excluding carboxylic acids is 3. The van der Waals surface area contributed by atoms with Crippen LogP contribution in [0, 0.1) is 0 Å². The Morgan fingerprint density at radius 1 is 0.829 bits per heavy atom. The van der Waals surface area contributed by atoms with Crippen molar-refractivity contribution in [2.45, 2.75) is 43.3 Å². The number of carbonyl (C=O) groups is 3. The van der Waals surface area contributed by atoms with Gasteiger partial charge in [-0.3, -0.25) is 9.59 Å². The Kier molecular flexibility index (Phi) is 9.93. The van der Waals surface area contributed by atoms with Gasteiger partial charge in [-0.1, -0.05) is 43.7 Å². The number of esters is 1. The van der Waals surface area contributed by atoms with Gasteiger partial charge in [0, 0.05) is 22.7 Å². The summed E-state index contributed by atoms with van der Waals surface area (Å²) in [6.45, 7) is 4.11. The first-order valence-corrected chi connectivity index (χ1v) is 12.6. The fourth-order valence-electron chi connectivity index (χ4n) is 3.33. The van der Waals surface area contributed by atoms with E-state index in [1.807, 2.05) is 54.6 Å². The quantitative estimate of drug-likeness (QED) is 0.238. The van der Waals surface area contributed by atoms with Crippen molar-refractivity contribution in [2.75, 3.05) is 17.2 Å². The molecule has 0 saturated heterocycles. The summed E-state index contributed by atoms with van der Waals surface area (Å²) in [7, 11) is 0. The van der Waals surface area contributed by atoms with E-state index in [2.05, 4.69) is 17.6 Å². The highest BCUT2D eigenvalue weighted by molar-refractivity contribution is 8.00. The summed E-state index contributed by atoms with van der Waals surface area (Å²) in [6, 6.07) is 23.7. The lowest BCUT2D eigenvalue weighted by Crippen LogP contribution is -2.19. The van der Waals surface area contributed by atoms with Crippen LogP contribution >= 0.6 is 11.8 Å². The van der Waals surface area contributed by atoms with Gasteiger partial charge >= 0.3 is 5.97 Å². The van der Waals surface area contributed by atoms with E-state index < -0.39 is 11.2 Å². The average molecular weight is 491 g/mol. The summed E-state index contributed by atoms with van der Waals surface area (Å²) in [4.78, 5) is 38.0. The van der Waals surface area contributed by atoms with Crippen LogP contribution in [0.25, 0.3) is 0 Å². The SMILES string of the molecule is CCCCC(=O)Nc1ccc(SC(C(=O)Nc2ccc(C(=O)OCC)cc2)c2ccccc2)cc1. The minimum Gasteiger partial charge on any atom is -0.462 e. The van der Waals surface area contributed by atoms with Crippen molar-refractivity contribution in [3.8, 4) is 0 Å². The molecule has 0 aliphatic rings. The Balaban J connectivity index is 1.71. The van der Waals surface area contributed by atoms with Crippen molar-refractivity contribution in [3.05, 3.63) is 90.0 Å². The third-order valence-corrected chi connectivity index (χ3v) is 6.42. The molecule has 0 aromatic heterocycles. The molecule has 1 unspecified atom stereocenters. The Bertz CT molecular complexity index is 1120. The molecule has 2 amide bonds. The molecule has 3 aromatic carbocycles. The molecular weight excluding hydrogens is 460 g/mol. The van der Waals surface area contributed by atoms with Crippen LogP contribution in [0.4, 0.5) is 11.4 Å². The van der Waals surface area contributed by atoms with Gasteiger partial charge in [-0.25, -0.2) is 4.79 Å². The van der Waals surface area contributed by atoms with Crippen molar-refractivity contribution < 1.29 is 19.1 Å². The molecule has 0 radical (unpaired) electrons. The molecule has 182 valence electrons. The van der Waals surface area contributed by atoms with Crippen LogP contribution in [0.15, 0.2) is 83.8 Å². The van der Waals surface area contributed by atoms with E-state index in [4.69, 9.17) is 4.74 Å². The maximum absolute atomic E-state index is 13.3. The molecule has 0 bridgehead atoms. The summed E-state index contributed by atoms with van der Waals surface area (Å²) in [5, 5.41) is 5.36. The van der Waals surface area contributed by atoms with Crippen LogP contribution in [0.3, 0.4) is 0 Å². The summed E-state index contributed by atoms with van der Waals surface area (Å²) in [5.41, 5.74) is 2.63. The van der Waals surface area contributed by atoms with Crippen molar-refractivity contribution in [1.29, 1.82) is 0 Å². The minimum atomic E-state index is -0.495. The molecule has 1 atom stereocenters. The number of thioether (sulfide) groups is 1. The van der Waals surface area contributed by atoms with E-state index in [1.165, 1.54) is 11.8 Å². The van der Waals surface area contributed by atoms with E-state index in [1.54, 1.807) is 31.2 Å². The van der Waals surface area contributed by atoms with Gasteiger partial charge in [-0.15, -0.1) is 11.8 Å². The standard InChI is InChI=1S/C28H30N2O4S/c1-3-5-11-25(31)29-22-16-18-24(19-17-22)35-26(20-9-7-6-8-10-20)27(32)30-23-14-12-21(13-15-23)28(33)34-4-2/h6-10,12-19,26H,3-5,11H2,1-2H3,(H,29,31)(H,30,32). The lowest BCUT2D eigenvalue weighted by atomic mass is 10.1. The summed E-state index contributed by atoms with van der Waals surface area (Å²) in [5.74, 6) is -0.571. The van der Waals surface area contributed by atoms with Crippen molar-refractivity contribution in [3.63, 3.8) is 0 Å². The number of unbranched alkanes of at least 4 members (excludes halogenated alkanes) is 1. The van der Waals surface area contributed by atoms with E-state index in [0.717, 1.165) is 29.0 Å². The first-order valence-electron chi connectivity index (χ1n) is 11.7. The van der Waals surface area contributed by atoms with E-state index in [9.17, 15) is 14.4 Å². The maximum Gasteiger partial charge on any atom is 0.338 e. The number of amides is 2. The minimum absolute atomic E-state index is 0.00256. The highest BCUT2D eigenvalue weighted by atomic mass is 32.2. The lowest BCUT2D eigenvalue weighted by molar-refractivity contribution is -0.116. The number of benzene rings is 3. The van der Waals surface area contributed by atoms with Gasteiger partial charge in [-0.05, 0) is 67.4 Å². The highest BCUT2D eigenvalue weighted by Crippen LogP contribution is 2.36. The predicted octanol–water partition coefficient (Wildman–Crippen LogP) is 6.46. The number of ether oxygens (including phenoxy) is 1. The highest BCUT2D eigenvalue weighted by Gasteiger charge is 2.22. The van der Waals surface area contributed by atoms with Crippen molar-refractivity contribution >= 4 is 40.9 Å². The Hall–Kier alpha value is -3.58. The van der Waals surface area contributed by atoms with Crippen LogP contribution in [0.2, 0.25) is 0 Å². The Morgan fingerprint density at radius 3 is 2.09 bits per heavy atom. The topological polar surface area (TPSA) is 84.5 Å². The summed E-state index contributed by atoms with van der Waals surface area (Å²) < 4.78 is 5.01. The van der Waals surface area contributed by atoms with Gasteiger partial charge in [0.25, 0.3) is 0 Å². The average Bonchev–Trinajstić information content (AvgIpc) is 2.88. The van der Waals surface area contributed by atoms with E-state index >= 15 is 0 Å². The van der Waals surface area contributed by atoms with Crippen LogP contribution in [-0.2, 0) is 14.3 Å². The third kappa shape index (κ3) is 8.00. The molecule has 2 N–H and O–H groups in total. The van der Waals surface area contributed by atoms with Crippen LogP contribution in [0.5, 0.6) is 0 Å². The fraction of sp³-hybridized carbons (Fsp3) is 0.250. The van der Waals surface area contributed by atoms with Crippen molar-refractivity contribution in [2.24, 2.45) is 0 Å². The van der Waals surface area contributed by atoms with Gasteiger partial charge in [0.1, 0.15) is 5.25 Å². The fourth-order valence-corrected chi connectivity index (χ4v) is 4.35. The summed E-state index contributed by atoms with van der Waals surface area (Å²) >= 11 is 1.43. The second-order valence-electron chi connectivity index (χ2n) is 7.87. The van der Waals surface area contributed by atoms with Gasteiger partial charge in [0.2, 0.25) is 11.8 Å². The normalized spacial score (nSPS) is 11.4. The molecule has 3 rings (SSSR count). The molecule has 35 heavy (non-hydrogen) atoms. The van der Waals surface area contributed by atoms with Crippen LogP contribution in [0.1, 0.15) is 54.3 Å². The second kappa shape index (κ2) is 13.3.